The highest BCUT2D eigenvalue weighted by Crippen LogP contribution is 2.30. The number of pyridine rings is 2. The molecule has 0 amide bonds. The lowest BCUT2D eigenvalue weighted by molar-refractivity contribution is 1.14. The molecule has 0 atom stereocenters. The van der Waals surface area contributed by atoms with Crippen LogP contribution >= 0.6 is 0 Å². The standard InChI is InChI=1S/C32H20N2O2/c35-31-23-15-7-9-17-27(23)33(21-11-3-1-4-12-21)29-20-30-26(19-25(29)31)32(36)24-16-8-10-18-28(24)34(30)22-13-5-2-6-14-22/h1-20H. The van der Waals surface area contributed by atoms with E-state index in [-0.39, 0.29) is 10.9 Å². The van der Waals surface area contributed by atoms with Crippen LogP contribution in [0.2, 0.25) is 0 Å². The molecule has 7 aromatic rings. The predicted molar refractivity (Wildman–Crippen MR) is 148 cm³/mol. The first-order valence-electron chi connectivity index (χ1n) is 11.9. The molecule has 4 heteroatoms. The summed E-state index contributed by atoms with van der Waals surface area (Å²) in [6, 6.07) is 39.1. The first-order valence-corrected chi connectivity index (χ1v) is 11.9. The zero-order chi connectivity index (χ0) is 24.2. The molecule has 0 saturated carbocycles. The van der Waals surface area contributed by atoms with Crippen LogP contribution in [0.3, 0.4) is 0 Å². The summed E-state index contributed by atoms with van der Waals surface area (Å²) >= 11 is 0. The molecule has 0 spiro atoms. The molecule has 2 heterocycles. The molecule has 0 bridgehead atoms. The van der Waals surface area contributed by atoms with Crippen LogP contribution in [-0.4, -0.2) is 9.13 Å². The summed E-state index contributed by atoms with van der Waals surface area (Å²) in [6.45, 7) is 0. The van der Waals surface area contributed by atoms with Crippen LogP contribution in [0.5, 0.6) is 0 Å². The average Bonchev–Trinajstić information content (AvgIpc) is 2.94. The van der Waals surface area contributed by atoms with E-state index in [0.717, 1.165) is 33.4 Å². The topological polar surface area (TPSA) is 44.0 Å². The maximum Gasteiger partial charge on any atom is 0.197 e. The number of para-hydroxylation sites is 4. The van der Waals surface area contributed by atoms with Crippen molar-refractivity contribution in [2.24, 2.45) is 0 Å². The molecule has 2 aromatic heterocycles. The highest BCUT2D eigenvalue weighted by Gasteiger charge is 2.18. The summed E-state index contributed by atoms with van der Waals surface area (Å²) < 4.78 is 4.22. The average molecular weight is 465 g/mol. The lowest BCUT2D eigenvalue weighted by Gasteiger charge is -2.19. The Labute approximate surface area is 205 Å². The van der Waals surface area contributed by atoms with E-state index < -0.39 is 0 Å². The van der Waals surface area contributed by atoms with Crippen LogP contribution in [0, 0.1) is 0 Å². The SMILES string of the molecule is O=c1c2ccccc2n(-c2ccccc2)c2cc3c(cc12)c(=O)c1ccccc1n3-c1ccccc1. The van der Waals surface area contributed by atoms with Crippen molar-refractivity contribution >= 4 is 43.6 Å². The van der Waals surface area contributed by atoms with E-state index >= 15 is 0 Å². The van der Waals surface area contributed by atoms with Gasteiger partial charge in [0.25, 0.3) is 0 Å². The van der Waals surface area contributed by atoms with Gasteiger partial charge in [-0.3, -0.25) is 9.59 Å². The normalized spacial score (nSPS) is 11.6. The van der Waals surface area contributed by atoms with Gasteiger partial charge in [-0.1, -0.05) is 60.7 Å². The van der Waals surface area contributed by atoms with Gasteiger partial charge in [0.1, 0.15) is 0 Å². The van der Waals surface area contributed by atoms with Gasteiger partial charge in [-0.15, -0.1) is 0 Å². The molecule has 7 rings (SSSR count). The molecular formula is C32H20N2O2. The Morgan fingerprint density at radius 2 is 0.750 bits per heavy atom. The second-order valence-electron chi connectivity index (χ2n) is 8.92. The Balaban J connectivity index is 1.78. The van der Waals surface area contributed by atoms with Gasteiger partial charge in [-0.05, 0) is 60.7 Å². The minimum absolute atomic E-state index is 0.0755. The van der Waals surface area contributed by atoms with Gasteiger partial charge in [0.15, 0.2) is 10.9 Å². The second kappa shape index (κ2) is 7.79. The molecule has 0 fully saturated rings. The van der Waals surface area contributed by atoms with Crippen LogP contribution in [0.1, 0.15) is 0 Å². The molecule has 0 aliphatic heterocycles. The summed E-state index contributed by atoms with van der Waals surface area (Å²) in [7, 11) is 0. The van der Waals surface area contributed by atoms with Crippen LogP contribution in [0.15, 0.2) is 131 Å². The van der Waals surface area contributed by atoms with Crippen molar-refractivity contribution < 1.29 is 0 Å². The minimum Gasteiger partial charge on any atom is -0.309 e. The third-order valence-corrected chi connectivity index (χ3v) is 6.89. The van der Waals surface area contributed by atoms with Crippen LogP contribution in [0.4, 0.5) is 0 Å². The van der Waals surface area contributed by atoms with E-state index in [1.807, 2.05) is 115 Å². The van der Waals surface area contributed by atoms with Crippen molar-refractivity contribution in [2.45, 2.75) is 0 Å². The number of benzene rings is 5. The fourth-order valence-electron chi connectivity index (χ4n) is 5.29. The zero-order valence-corrected chi connectivity index (χ0v) is 19.3. The van der Waals surface area contributed by atoms with Gasteiger partial charge in [0, 0.05) is 32.9 Å². The van der Waals surface area contributed by atoms with Crippen molar-refractivity contribution in [1.29, 1.82) is 0 Å². The molecular weight excluding hydrogens is 444 g/mol. The smallest absolute Gasteiger partial charge is 0.197 e. The second-order valence-corrected chi connectivity index (χ2v) is 8.92. The van der Waals surface area contributed by atoms with E-state index in [4.69, 9.17) is 0 Å². The third-order valence-electron chi connectivity index (χ3n) is 6.89. The molecule has 0 aliphatic rings. The summed E-state index contributed by atoms with van der Waals surface area (Å²) in [6.07, 6.45) is 0. The van der Waals surface area contributed by atoms with Gasteiger partial charge in [0.2, 0.25) is 0 Å². The van der Waals surface area contributed by atoms with Crippen molar-refractivity contribution in [2.75, 3.05) is 0 Å². The van der Waals surface area contributed by atoms with Crippen LogP contribution < -0.4 is 10.9 Å². The molecule has 5 aromatic carbocycles. The number of rotatable bonds is 2. The van der Waals surface area contributed by atoms with Gasteiger partial charge >= 0.3 is 0 Å². The Hall–Kier alpha value is -4.96. The lowest BCUT2D eigenvalue weighted by Crippen LogP contribution is -2.14. The maximum atomic E-state index is 13.7. The molecule has 0 radical (unpaired) electrons. The van der Waals surface area contributed by atoms with E-state index in [1.165, 1.54) is 0 Å². The quantitative estimate of drug-likeness (QED) is 0.271. The Kier molecular flexibility index (Phi) is 4.42. The number of hydrogen-bond donors (Lipinski definition) is 0. The Bertz CT molecular complexity index is 1920. The van der Waals surface area contributed by atoms with E-state index in [9.17, 15) is 9.59 Å². The molecule has 36 heavy (non-hydrogen) atoms. The number of fused-ring (bicyclic) bond motifs is 4. The van der Waals surface area contributed by atoms with Crippen molar-refractivity contribution in [1.82, 2.24) is 9.13 Å². The Morgan fingerprint density at radius 1 is 0.361 bits per heavy atom. The molecule has 4 nitrogen and oxygen atoms in total. The first kappa shape index (κ1) is 20.4. The van der Waals surface area contributed by atoms with E-state index in [0.29, 0.717) is 21.5 Å². The highest BCUT2D eigenvalue weighted by atomic mass is 16.1. The summed E-state index contributed by atoms with van der Waals surface area (Å²) in [5.74, 6) is 0. The number of hydrogen-bond acceptors (Lipinski definition) is 2. The van der Waals surface area contributed by atoms with Crippen molar-refractivity contribution in [3.05, 3.63) is 142 Å². The summed E-state index contributed by atoms with van der Waals surface area (Å²) in [5, 5.41) is 2.30. The number of aromatic nitrogens is 2. The van der Waals surface area contributed by atoms with Gasteiger partial charge in [0.05, 0.1) is 22.1 Å². The predicted octanol–water partition coefficient (Wildman–Crippen LogP) is 6.60. The summed E-state index contributed by atoms with van der Waals surface area (Å²) in [5.41, 5.74) is 4.93. The van der Waals surface area contributed by atoms with Gasteiger partial charge in [-0.2, -0.15) is 0 Å². The number of nitrogens with zero attached hydrogens (tertiary/aromatic N) is 2. The fourth-order valence-corrected chi connectivity index (χ4v) is 5.29. The molecule has 0 unspecified atom stereocenters. The van der Waals surface area contributed by atoms with Crippen molar-refractivity contribution in [3.8, 4) is 11.4 Å². The third kappa shape index (κ3) is 2.88. The first-order chi connectivity index (χ1) is 17.7. The zero-order valence-electron chi connectivity index (χ0n) is 19.3. The molecule has 0 N–H and O–H groups in total. The Morgan fingerprint density at radius 3 is 1.19 bits per heavy atom. The van der Waals surface area contributed by atoms with Gasteiger partial charge < -0.3 is 9.13 Å². The van der Waals surface area contributed by atoms with E-state index in [2.05, 4.69) is 9.13 Å². The van der Waals surface area contributed by atoms with Crippen LogP contribution in [-0.2, 0) is 0 Å². The minimum atomic E-state index is -0.0755. The molecule has 170 valence electrons. The summed E-state index contributed by atoms with van der Waals surface area (Å²) in [4.78, 5) is 27.4. The lowest BCUT2D eigenvalue weighted by atomic mass is 10.0. The maximum absolute atomic E-state index is 13.7. The van der Waals surface area contributed by atoms with Gasteiger partial charge in [-0.25, -0.2) is 0 Å². The largest absolute Gasteiger partial charge is 0.309 e. The highest BCUT2D eigenvalue weighted by molar-refractivity contribution is 6.05. The fraction of sp³-hybridized carbons (Fsp3) is 0. The van der Waals surface area contributed by atoms with Crippen LogP contribution in [0.25, 0.3) is 55.0 Å². The molecule has 0 aliphatic carbocycles. The van der Waals surface area contributed by atoms with Crippen molar-refractivity contribution in [3.63, 3.8) is 0 Å². The van der Waals surface area contributed by atoms with E-state index in [1.54, 1.807) is 6.07 Å². The monoisotopic (exact) mass is 464 g/mol. The molecule has 0 saturated heterocycles.